The van der Waals surface area contributed by atoms with Crippen molar-refractivity contribution in [1.29, 1.82) is 0 Å². The third kappa shape index (κ3) is 4.61. The first-order chi connectivity index (χ1) is 13.7. The summed E-state index contributed by atoms with van der Waals surface area (Å²) in [4.78, 5) is 12.2. The Morgan fingerprint density at radius 2 is 1.86 bits per heavy atom. The van der Waals surface area contributed by atoms with Crippen molar-refractivity contribution in [1.82, 2.24) is 5.32 Å². The van der Waals surface area contributed by atoms with Gasteiger partial charge in [-0.15, -0.1) is 5.10 Å². The van der Waals surface area contributed by atoms with Gasteiger partial charge in [-0.25, -0.2) is 0 Å². The van der Waals surface area contributed by atoms with Gasteiger partial charge in [0.15, 0.2) is 5.17 Å². The van der Waals surface area contributed by atoms with Crippen molar-refractivity contribution in [2.24, 2.45) is 10.2 Å². The lowest BCUT2D eigenvalue weighted by molar-refractivity contribution is -0.118. The molecule has 1 unspecified atom stereocenters. The second-order valence-electron chi connectivity index (χ2n) is 6.14. The summed E-state index contributed by atoms with van der Waals surface area (Å²) >= 11 is 4.80. The summed E-state index contributed by atoms with van der Waals surface area (Å²) in [7, 11) is 0. The molecule has 1 saturated heterocycles. The number of thioether (sulfide) groups is 1. The van der Waals surface area contributed by atoms with E-state index in [2.05, 4.69) is 31.4 Å². The molecule has 4 rings (SSSR count). The molecular formula is C21H16BrN3O2S. The number of hydrogen-bond acceptors (Lipinski definition) is 5. The lowest BCUT2D eigenvalue weighted by Crippen LogP contribution is -2.25. The van der Waals surface area contributed by atoms with Crippen molar-refractivity contribution in [3.63, 3.8) is 0 Å². The molecule has 0 saturated carbocycles. The number of halogens is 1. The molecule has 2 heterocycles. The smallest absolute Gasteiger partial charge is 0.239 e. The van der Waals surface area contributed by atoms with E-state index in [0.717, 1.165) is 21.4 Å². The summed E-state index contributed by atoms with van der Waals surface area (Å²) in [6, 6.07) is 21.5. The van der Waals surface area contributed by atoms with Crippen LogP contribution in [0.4, 0.5) is 0 Å². The van der Waals surface area contributed by atoms with E-state index < -0.39 is 0 Å². The maximum absolute atomic E-state index is 12.2. The molecule has 0 spiro atoms. The molecule has 7 heteroatoms. The number of amides is 1. The number of carbonyl (C=O) groups excluding carboxylic acids is 1. The van der Waals surface area contributed by atoms with Crippen LogP contribution >= 0.6 is 27.7 Å². The van der Waals surface area contributed by atoms with Gasteiger partial charge in [0, 0.05) is 10.0 Å². The topological polar surface area (TPSA) is 67.0 Å². The van der Waals surface area contributed by atoms with Gasteiger partial charge in [-0.3, -0.25) is 4.79 Å². The number of nitrogens with one attached hydrogen (secondary N) is 1. The fraction of sp³-hybridized carbons (Fsp3) is 0.0952. The van der Waals surface area contributed by atoms with Crippen molar-refractivity contribution in [2.75, 3.05) is 0 Å². The molecule has 1 aliphatic rings. The zero-order valence-electron chi connectivity index (χ0n) is 14.7. The van der Waals surface area contributed by atoms with Crippen molar-refractivity contribution in [3.8, 4) is 11.3 Å². The fourth-order valence-electron chi connectivity index (χ4n) is 2.74. The van der Waals surface area contributed by atoms with E-state index in [-0.39, 0.29) is 11.2 Å². The summed E-state index contributed by atoms with van der Waals surface area (Å²) < 4.78 is 6.77. The molecule has 5 nitrogen and oxygen atoms in total. The molecule has 28 heavy (non-hydrogen) atoms. The van der Waals surface area contributed by atoms with Gasteiger partial charge >= 0.3 is 0 Å². The molecule has 1 amide bonds. The van der Waals surface area contributed by atoms with E-state index in [1.165, 1.54) is 18.0 Å². The minimum absolute atomic E-state index is 0.0498. The van der Waals surface area contributed by atoms with E-state index >= 15 is 0 Å². The Morgan fingerprint density at radius 1 is 1.07 bits per heavy atom. The number of nitrogens with zero attached hydrogens (tertiary/aromatic N) is 2. The highest BCUT2D eigenvalue weighted by Crippen LogP contribution is 2.24. The van der Waals surface area contributed by atoms with Crippen molar-refractivity contribution >= 4 is 45.0 Å². The predicted molar refractivity (Wildman–Crippen MR) is 117 cm³/mol. The second kappa shape index (κ2) is 8.58. The zero-order valence-corrected chi connectivity index (χ0v) is 17.1. The minimum Gasteiger partial charge on any atom is -0.455 e. The Kier molecular flexibility index (Phi) is 5.73. The molecule has 3 aromatic rings. The van der Waals surface area contributed by atoms with Gasteiger partial charge in [0.05, 0.1) is 11.5 Å². The normalized spacial score (nSPS) is 18.1. The molecule has 1 fully saturated rings. The molecule has 1 N–H and O–H groups in total. The Hall–Kier alpha value is -2.64. The number of carbonyl (C=O) groups is 1. The average Bonchev–Trinajstić information content (AvgIpc) is 3.31. The van der Waals surface area contributed by atoms with Crippen LogP contribution in [0, 0.1) is 0 Å². The van der Waals surface area contributed by atoms with Crippen LogP contribution in [0.5, 0.6) is 0 Å². The molecule has 1 aliphatic heterocycles. The molecule has 0 radical (unpaired) electrons. The third-order valence-corrected chi connectivity index (χ3v) is 5.73. The van der Waals surface area contributed by atoms with Gasteiger partial charge in [-0.1, -0.05) is 70.2 Å². The van der Waals surface area contributed by atoms with Crippen LogP contribution in [-0.4, -0.2) is 22.5 Å². The van der Waals surface area contributed by atoms with E-state index in [0.29, 0.717) is 17.3 Å². The average molecular weight is 454 g/mol. The summed E-state index contributed by atoms with van der Waals surface area (Å²) in [5.74, 6) is 1.32. The Morgan fingerprint density at radius 3 is 2.64 bits per heavy atom. The van der Waals surface area contributed by atoms with Crippen LogP contribution < -0.4 is 5.32 Å². The number of hydrogen-bond donors (Lipinski definition) is 1. The third-order valence-electron chi connectivity index (χ3n) is 4.13. The van der Waals surface area contributed by atoms with Crippen LogP contribution in [-0.2, 0) is 11.2 Å². The van der Waals surface area contributed by atoms with Crippen LogP contribution in [0.1, 0.15) is 11.3 Å². The van der Waals surface area contributed by atoms with Crippen molar-refractivity contribution < 1.29 is 9.21 Å². The van der Waals surface area contributed by atoms with Crippen LogP contribution in [0.3, 0.4) is 0 Å². The Bertz CT molecular complexity index is 1030. The molecule has 0 bridgehead atoms. The maximum Gasteiger partial charge on any atom is 0.239 e. The maximum atomic E-state index is 12.2. The molecule has 1 atom stereocenters. The van der Waals surface area contributed by atoms with Gasteiger partial charge < -0.3 is 9.73 Å². The highest BCUT2D eigenvalue weighted by atomic mass is 79.9. The van der Waals surface area contributed by atoms with Gasteiger partial charge in [0.1, 0.15) is 11.5 Å². The minimum atomic E-state index is -0.205. The lowest BCUT2D eigenvalue weighted by atomic mass is 10.1. The van der Waals surface area contributed by atoms with E-state index in [4.69, 9.17) is 4.42 Å². The number of benzene rings is 2. The summed E-state index contributed by atoms with van der Waals surface area (Å²) in [5, 5.41) is 11.2. The SMILES string of the molecule is O=C1N/C(=N\N=C\c2ccc(-c3ccccc3)o2)SC1Cc1ccc(Br)cc1. The largest absolute Gasteiger partial charge is 0.455 e. The number of rotatable bonds is 5. The highest BCUT2D eigenvalue weighted by molar-refractivity contribution is 9.10. The van der Waals surface area contributed by atoms with Gasteiger partial charge in [0.2, 0.25) is 5.91 Å². The fourth-order valence-corrected chi connectivity index (χ4v) is 3.97. The summed E-state index contributed by atoms with van der Waals surface area (Å²) in [5.41, 5.74) is 2.10. The van der Waals surface area contributed by atoms with E-state index in [9.17, 15) is 4.79 Å². The van der Waals surface area contributed by atoms with Crippen LogP contribution in [0.2, 0.25) is 0 Å². The van der Waals surface area contributed by atoms with Gasteiger partial charge in [-0.2, -0.15) is 5.10 Å². The first kappa shape index (κ1) is 18.7. The molecule has 2 aromatic carbocycles. The quantitative estimate of drug-likeness (QED) is 0.442. The molecule has 0 aliphatic carbocycles. The molecule has 140 valence electrons. The molecule has 1 aromatic heterocycles. The lowest BCUT2D eigenvalue weighted by Gasteiger charge is -2.05. The Labute approximate surface area is 175 Å². The predicted octanol–water partition coefficient (Wildman–Crippen LogP) is 4.87. The first-order valence-corrected chi connectivity index (χ1v) is 10.3. The van der Waals surface area contributed by atoms with Crippen LogP contribution in [0.15, 0.2) is 85.8 Å². The van der Waals surface area contributed by atoms with Crippen molar-refractivity contribution in [2.45, 2.75) is 11.7 Å². The Balaban J connectivity index is 1.38. The number of furan rings is 1. The monoisotopic (exact) mass is 453 g/mol. The first-order valence-electron chi connectivity index (χ1n) is 8.65. The van der Waals surface area contributed by atoms with Gasteiger partial charge in [-0.05, 0) is 36.2 Å². The second-order valence-corrected chi connectivity index (χ2v) is 8.25. The zero-order chi connectivity index (χ0) is 19.3. The van der Waals surface area contributed by atoms with Crippen molar-refractivity contribution in [3.05, 3.63) is 82.5 Å². The number of amidine groups is 1. The summed E-state index contributed by atoms with van der Waals surface area (Å²) in [6.45, 7) is 0. The van der Waals surface area contributed by atoms with Crippen LogP contribution in [0.25, 0.3) is 11.3 Å². The standard InChI is InChI=1S/C21H16BrN3O2S/c22-16-8-6-14(7-9-16)12-19-20(26)24-21(28-19)25-23-13-17-10-11-18(27-17)15-4-2-1-3-5-15/h1-11,13,19H,12H2,(H,24,25,26)/b23-13+. The highest BCUT2D eigenvalue weighted by Gasteiger charge is 2.30. The summed E-state index contributed by atoms with van der Waals surface area (Å²) in [6.07, 6.45) is 2.18. The molecular weight excluding hydrogens is 438 g/mol. The van der Waals surface area contributed by atoms with E-state index in [1.54, 1.807) is 0 Å². The van der Waals surface area contributed by atoms with Gasteiger partial charge in [0.25, 0.3) is 0 Å². The van der Waals surface area contributed by atoms with E-state index in [1.807, 2.05) is 66.7 Å².